The zero-order valence-corrected chi connectivity index (χ0v) is 32.5. The molecule has 5 heterocycles. The molecule has 2 fully saturated rings. The van der Waals surface area contributed by atoms with Gasteiger partial charge < -0.3 is 24.6 Å². The maximum absolute atomic E-state index is 16.5. The standard InChI is InChI=1S/C43H42F4N8O4/c1-51(2)43(59)33-23-31-30(22-29(39(46)41(31)49-33)26-5-3-14-54(24-26)37(57)12-16-55-15-4-13-48-55)28-7-10-35(40(47)38(28)45)53-19-17-52(18-20-53)34-9-6-25(21-32(34)44)27-8-11-36(56)50-42(27)58/h4-7,9-10,13,15,21-23,27,49H,3,8,11-12,14,16-20,24H2,1-2H3,(H,50,56,58). The number of benzene rings is 3. The predicted octanol–water partition coefficient (Wildman–Crippen LogP) is 5.84. The summed E-state index contributed by atoms with van der Waals surface area (Å²) in [5, 5.41) is 6.62. The van der Waals surface area contributed by atoms with Crippen molar-refractivity contribution < 1.29 is 36.7 Å². The number of fused-ring (bicyclic) bond motifs is 1. The van der Waals surface area contributed by atoms with E-state index in [-0.39, 0.29) is 83.3 Å². The molecule has 2 aromatic heterocycles. The van der Waals surface area contributed by atoms with Gasteiger partial charge in [-0.3, -0.25) is 29.2 Å². The van der Waals surface area contributed by atoms with Gasteiger partial charge in [0.2, 0.25) is 17.7 Å². The zero-order chi connectivity index (χ0) is 41.5. The number of halogens is 4. The number of rotatable bonds is 9. The molecule has 3 aliphatic heterocycles. The molecular weight excluding hydrogens is 769 g/mol. The van der Waals surface area contributed by atoms with Crippen molar-refractivity contribution in [1.29, 1.82) is 0 Å². The van der Waals surface area contributed by atoms with Crippen LogP contribution in [0.3, 0.4) is 0 Å². The van der Waals surface area contributed by atoms with Crippen molar-refractivity contribution in [3.8, 4) is 11.1 Å². The first-order chi connectivity index (χ1) is 28.4. The topological polar surface area (TPSA) is 127 Å². The molecule has 1 unspecified atom stereocenters. The largest absolute Gasteiger partial charge is 0.366 e. The lowest BCUT2D eigenvalue weighted by molar-refractivity contribution is -0.134. The molecule has 1 atom stereocenters. The number of imide groups is 1. The van der Waals surface area contributed by atoms with Crippen LogP contribution in [0.1, 0.15) is 53.2 Å². The Kier molecular flexibility index (Phi) is 10.7. The van der Waals surface area contributed by atoms with Gasteiger partial charge >= 0.3 is 0 Å². The van der Waals surface area contributed by atoms with Crippen molar-refractivity contribution in [2.24, 2.45) is 0 Å². The average molecular weight is 811 g/mol. The number of H-pyrrole nitrogens is 1. The van der Waals surface area contributed by atoms with E-state index in [4.69, 9.17) is 0 Å². The highest BCUT2D eigenvalue weighted by Crippen LogP contribution is 2.40. The van der Waals surface area contributed by atoms with Crippen LogP contribution in [0.4, 0.5) is 28.9 Å². The summed E-state index contributed by atoms with van der Waals surface area (Å²) in [6.07, 6.45) is 6.34. The van der Waals surface area contributed by atoms with Crippen molar-refractivity contribution in [2.75, 3.05) is 63.2 Å². The van der Waals surface area contributed by atoms with Crippen LogP contribution in [-0.2, 0) is 20.9 Å². The van der Waals surface area contributed by atoms with Crippen LogP contribution in [-0.4, -0.2) is 102 Å². The van der Waals surface area contributed by atoms with E-state index in [1.807, 2.05) is 6.08 Å². The highest BCUT2D eigenvalue weighted by atomic mass is 19.2. The molecule has 3 aromatic carbocycles. The van der Waals surface area contributed by atoms with E-state index >= 15 is 17.6 Å². The zero-order valence-electron chi connectivity index (χ0n) is 32.5. The third-order valence-electron chi connectivity index (χ3n) is 11.4. The first kappa shape index (κ1) is 39.4. The summed E-state index contributed by atoms with van der Waals surface area (Å²) in [6.45, 7) is 1.99. The first-order valence-corrected chi connectivity index (χ1v) is 19.5. The van der Waals surface area contributed by atoms with E-state index in [0.717, 1.165) is 0 Å². The highest BCUT2D eigenvalue weighted by Gasteiger charge is 2.31. The minimum atomic E-state index is -1.16. The highest BCUT2D eigenvalue weighted by molar-refractivity contribution is 6.05. The minimum Gasteiger partial charge on any atom is -0.366 e. The summed E-state index contributed by atoms with van der Waals surface area (Å²) in [4.78, 5) is 59.4. The number of nitrogens with one attached hydrogen (secondary N) is 2. The Balaban J connectivity index is 1.05. The van der Waals surface area contributed by atoms with E-state index < -0.39 is 41.0 Å². The van der Waals surface area contributed by atoms with E-state index in [2.05, 4.69) is 15.4 Å². The van der Waals surface area contributed by atoms with E-state index in [9.17, 15) is 19.2 Å². The number of anilines is 2. The van der Waals surface area contributed by atoms with Gasteiger partial charge in [0.05, 0.1) is 22.8 Å². The average Bonchev–Trinajstić information content (AvgIpc) is 3.93. The Hall–Kier alpha value is -6.45. The fourth-order valence-corrected chi connectivity index (χ4v) is 8.21. The Morgan fingerprint density at radius 2 is 1.61 bits per heavy atom. The van der Waals surface area contributed by atoms with Crippen molar-refractivity contribution in [3.05, 3.63) is 107 Å². The Morgan fingerprint density at radius 1 is 0.864 bits per heavy atom. The molecule has 0 saturated carbocycles. The lowest BCUT2D eigenvalue weighted by Gasteiger charge is -2.37. The predicted molar refractivity (Wildman–Crippen MR) is 214 cm³/mol. The number of carbonyl (C=O) groups excluding carboxylic acids is 4. The van der Waals surface area contributed by atoms with Crippen molar-refractivity contribution in [1.82, 2.24) is 29.9 Å². The molecule has 4 amide bonds. The number of carbonyl (C=O) groups is 4. The summed E-state index contributed by atoms with van der Waals surface area (Å²) in [7, 11) is 3.09. The maximum Gasteiger partial charge on any atom is 0.269 e. The molecule has 59 heavy (non-hydrogen) atoms. The SMILES string of the molecule is CN(C)C(=O)c1cc2c(-c3ccc(N4CCN(c5ccc(C6CCC(=O)NC6=O)cc5F)CC4)c(F)c3F)cc(C3=CCCN(C(=O)CCn4cccn4)C3)c(F)c2[nH]1. The molecule has 2 N–H and O–H groups in total. The van der Waals surface area contributed by atoms with Gasteiger partial charge in [0.15, 0.2) is 17.5 Å². The summed E-state index contributed by atoms with van der Waals surface area (Å²) >= 11 is 0. The number of aromatic amines is 1. The van der Waals surface area contributed by atoms with Crippen molar-refractivity contribution in [2.45, 2.75) is 38.1 Å². The molecule has 0 bridgehead atoms. The lowest BCUT2D eigenvalue weighted by Crippen LogP contribution is -2.47. The van der Waals surface area contributed by atoms with E-state index in [0.29, 0.717) is 55.8 Å². The fraction of sp³-hybridized carbons (Fsp3) is 0.326. The summed E-state index contributed by atoms with van der Waals surface area (Å²) in [6, 6.07) is 12.1. The molecule has 2 saturated heterocycles. The Labute approximate surface area is 337 Å². The monoisotopic (exact) mass is 810 g/mol. The van der Waals surface area contributed by atoms with Gasteiger partial charge in [0.1, 0.15) is 11.5 Å². The van der Waals surface area contributed by atoms with Gasteiger partial charge in [-0.15, -0.1) is 0 Å². The minimum absolute atomic E-state index is 0.00922. The quantitative estimate of drug-likeness (QED) is 0.142. The van der Waals surface area contributed by atoms with Crippen LogP contribution in [0.2, 0.25) is 0 Å². The third-order valence-corrected chi connectivity index (χ3v) is 11.4. The smallest absolute Gasteiger partial charge is 0.269 e. The summed E-state index contributed by atoms with van der Waals surface area (Å²) < 4.78 is 66.3. The number of nitrogens with zero attached hydrogens (tertiary/aromatic N) is 6. The van der Waals surface area contributed by atoms with Crippen LogP contribution in [0.5, 0.6) is 0 Å². The molecule has 0 aliphatic carbocycles. The molecular formula is C43H42F4N8O4. The second kappa shape index (κ2) is 16.1. The second-order valence-corrected chi connectivity index (χ2v) is 15.3. The third kappa shape index (κ3) is 7.66. The first-order valence-electron chi connectivity index (χ1n) is 19.5. The molecule has 306 valence electrons. The molecule has 3 aliphatic rings. The number of hydrogen-bond acceptors (Lipinski definition) is 7. The van der Waals surface area contributed by atoms with Gasteiger partial charge in [-0.25, -0.2) is 17.6 Å². The number of hydrogen-bond donors (Lipinski definition) is 2. The Bertz CT molecular complexity index is 2510. The molecule has 16 heteroatoms. The van der Waals surface area contributed by atoms with Gasteiger partial charge in [-0.1, -0.05) is 12.1 Å². The normalized spacial score (nSPS) is 17.4. The number of amides is 4. The fourth-order valence-electron chi connectivity index (χ4n) is 8.21. The molecule has 5 aromatic rings. The Morgan fingerprint density at radius 3 is 2.31 bits per heavy atom. The molecule has 0 radical (unpaired) electrons. The van der Waals surface area contributed by atoms with Gasteiger partial charge in [-0.2, -0.15) is 5.10 Å². The van der Waals surface area contributed by atoms with Gasteiger partial charge in [-0.05, 0) is 72.0 Å². The van der Waals surface area contributed by atoms with Gasteiger partial charge in [0, 0.05) is 102 Å². The van der Waals surface area contributed by atoms with Crippen LogP contribution < -0.4 is 15.1 Å². The van der Waals surface area contributed by atoms with E-state index in [1.165, 1.54) is 35.2 Å². The molecule has 0 spiro atoms. The van der Waals surface area contributed by atoms with Crippen LogP contribution in [0.25, 0.3) is 27.6 Å². The summed E-state index contributed by atoms with van der Waals surface area (Å²) in [5.74, 6) is -5.49. The van der Waals surface area contributed by atoms with Crippen LogP contribution >= 0.6 is 0 Å². The molecule has 8 rings (SSSR count). The second-order valence-electron chi connectivity index (χ2n) is 15.3. The van der Waals surface area contributed by atoms with E-state index in [1.54, 1.807) is 64.1 Å². The van der Waals surface area contributed by atoms with Crippen molar-refractivity contribution >= 4 is 51.5 Å². The van der Waals surface area contributed by atoms with Crippen LogP contribution in [0.15, 0.2) is 67.0 Å². The van der Waals surface area contributed by atoms with Crippen LogP contribution in [0, 0.1) is 23.3 Å². The number of aryl methyl sites for hydroxylation is 1. The number of aromatic nitrogens is 3. The summed E-state index contributed by atoms with van der Waals surface area (Å²) in [5.41, 5.74) is 1.43. The number of piperazine rings is 1. The van der Waals surface area contributed by atoms with Crippen molar-refractivity contribution in [3.63, 3.8) is 0 Å². The number of piperidine rings is 1. The molecule has 12 nitrogen and oxygen atoms in total. The lowest BCUT2D eigenvalue weighted by atomic mass is 9.90. The maximum atomic E-state index is 16.5. The van der Waals surface area contributed by atoms with Gasteiger partial charge in [0.25, 0.3) is 5.91 Å².